The summed E-state index contributed by atoms with van der Waals surface area (Å²) in [6, 6.07) is -0.655. The van der Waals surface area contributed by atoms with Crippen LogP contribution in [0.1, 0.15) is 149 Å². The Morgan fingerprint density at radius 1 is 0.686 bits per heavy atom. The first-order valence-corrected chi connectivity index (χ1v) is 15.0. The van der Waals surface area contributed by atoms with Gasteiger partial charge in [-0.25, -0.2) is 0 Å². The molecule has 0 heterocycles. The molecule has 0 rings (SSSR count). The van der Waals surface area contributed by atoms with Crippen LogP contribution in [0.2, 0.25) is 0 Å². The Labute approximate surface area is 217 Å². The van der Waals surface area contributed by atoms with E-state index in [2.05, 4.69) is 31.3 Å². The van der Waals surface area contributed by atoms with Crippen LogP contribution in [0.5, 0.6) is 0 Å². The maximum absolute atomic E-state index is 12.2. The Hall–Kier alpha value is -0.910. The predicted octanol–water partition coefficient (Wildman–Crippen LogP) is 6.97. The smallest absolute Gasteiger partial charge is 0.222 e. The van der Waals surface area contributed by atoms with Crippen molar-refractivity contribution >= 4 is 5.91 Å². The van der Waals surface area contributed by atoms with Crippen LogP contribution in [0.4, 0.5) is 0 Å². The first kappa shape index (κ1) is 34.1. The molecule has 0 aromatic carbocycles. The summed E-state index contributed by atoms with van der Waals surface area (Å²) in [6.07, 6.45) is 25.8. The second-order valence-electron chi connectivity index (χ2n) is 10.4. The van der Waals surface area contributed by atoms with Crippen molar-refractivity contribution in [3.05, 3.63) is 12.2 Å². The zero-order valence-corrected chi connectivity index (χ0v) is 23.2. The SMILES string of the molecule is CCCCC/C=C\CCCCCC(O)CC(=O)NC(CO)C(O)CCCCCCCCCCCC. The Balaban J connectivity index is 3.79. The number of carbonyl (C=O) groups is 1. The Morgan fingerprint density at radius 2 is 1.14 bits per heavy atom. The molecular formula is C30H59NO4. The summed E-state index contributed by atoms with van der Waals surface area (Å²) in [6.45, 7) is 4.17. The average Bonchev–Trinajstić information content (AvgIpc) is 2.84. The molecule has 0 spiro atoms. The summed E-state index contributed by atoms with van der Waals surface area (Å²) in [4.78, 5) is 12.2. The molecule has 0 saturated carbocycles. The van der Waals surface area contributed by atoms with Crippen molar-refractivity contribution < 1.29 is 20.1 Å². The van der Waals surface area contributed by atoms with Crippen LogP contribution < -0.4 is 5.32 Å². The molecule has 1 amide bonds. The first-order chi connectivity index (χ1) is 17.0. The summed E-state index contributed by atoms with van der Waals surface area (Å²) in [7, 11) is 0. The minimum Gasteiger partial charge on any atom is -0.394 e. The van der Waals surface area contributed by atoms with Gasteiger partial charge < -0.3 is 20.6 Å². The van der Waals surface area contributed by atoms with E-state index in [4.69, 9.17) is 0 Å². The van der Waals surface area contributed by atoms with E-state index in [1.807, 2.05) is 0 Å². The van der Waals surface area contributed by atoms with Crippen LogP contribution in [0, 0.1) is 0 Å². The van der Waals surface area contributed by atoms with Crippen molar-refractivity contribution in [3.63, 3.8) is 0 Å². The highest BCUT2D eigenvalue weighted by molar-refractivity contribution is 5.76. The number of hydrogen-bond acceptors (Lipinski definition) is 4. The summed E-state index contributed by atoms with van der Waals surface area (Å²) in [5.74, 6) is -0.298. The zero-order chi connectivity index (χ0) is 26.0. The van der Waals surface area contributed by atoms with E-state index in [9.17, 15) is 20.1 Å². The maximum Gasteiger partial charge on any atom is 0.222 e. The van der Waals surface area contributed by atoms with Crippen LogP contribution in [0.15, 0.2) is 12.2 Å². The van der Waals surface area contributed by atoms with Crippen LogP contribution in [-0.4, -0.2) is 46.1 Å². The summed E-state index contributed by atoms with van der Waals surface area (Å²) < 4.78 is 0. The fourth-order valence-electron chi connectivity index (χ4n) is 4.45. The Bertz CT molecular complexity index is 483. The number of unbranched alkanes of at least 4 members (excludes halogenated alkanes) is 15. The molecular weight excluding hydrogens is 438 g/mol. The molecule has 0 radical (unpaired) electrons. The highest BCUT2D eigenvalue weighted by Crippen LogP contribution is 2.14. The van der Waals surface area contributed by atoms with E-state index >= 15 is 0 Å². The number of rotatable bonds is 26. The lowest BCUT2D eigenvalue weighted by Gasteiger charge is -2.23. The van der Waals surface area contributed by atoms with Gasteiger partial charge in [0.15, 0.2) is 0 Å². The standard InChI is InChI=1S/C30H59NO4/c1-3-5-7-9-11-13-15-17-19-21-23-27(33)25-30(35)31-28(26-32)29(34)24-22-20-18-16-14-12-10-8-6-4-2/h11,13,27-29,32-34H,3-10,12,14-26H2,1-2H3,(H,31,35)/b13-11-. The van der Waals surface area contributed by atoms with Gasteiger partial charge in [-0.15, -0.1) is 0 Å². The molecule has 0 aliphatic rings. The zero-order valence-electron chi connectivity index (χ0n) is 23.2. The quantitative estimate of drug-likeness (QED) is 0.0767. The minimum absolute atomic E-state index is 0.0266. The van der Waals surface area contributed by atoms with Gasteiger partial charge in [0, 0.05) is 0 Å². The Kier molecular flexibility index (Phi) is 25.5. The molecule has 3 atom stereocenters. The molecule has 0 bridgehead atoms. The van der Waals surface area contributed by atoms with E-state index < -0.39 is 18.2 Å². The summed E-state index contributed by atoms with van der Waals surface area (Å²) in [5.41, 5.74) is 0. The topological polar surface area (TPSA) is 89.8 Å². The van der Waals surface area contributed by atoms with Gasteiger partial charge >= 0.3 is 0 Å². The van der Waals surface area contributed by atoms with Gasteiger partial charge in [-0.05, 0) is 38.5 Å². The third kappa shape index (κ3) is 23.3. The molecule has 4 N–H and O–H groups in total. The van der Waals surface area contributed by atoms with Crippen molar-refractivity contribution in [1.29, 1.82) is 0 Å². The summed E-state index contributed by atoms with van der Waals surface area (Å²) in [5, 5.41) is 32.9. The fourth-order valence-corrected chi connectivity index (χ4v) is 4.45. The average molecular weight is 498 g/mol. The molecule has 208 valence electrons. The van der Waals surface area contributed by atoms with Gasteiger partial charge in [-0.1, -0.05) is 116 Å². The number of allylic oxidation sites excluding steroid dienone is 2. The van der Waals surface area contributed by atoms with E-state index in [1.54, 1.807) is 0 Å². The molecule has 0 aromatic rings. The number of carbonyl (C=O) groups excluding carboxylic acids is 1. The van der Waals surface area contributed by atoms with E-state index in [0.29, 0.717) is 12.8 Å². The first-order valence-electron chi connectivity index (χ1n) is 15.0. The fraction of sp³-hybridized carbons (Fsp3) is 0.900. The van der Waals surface area contributed by atoms with Crippen molar-refractivity contribution in [1.82, 2.24) is 5.32 Å². The number of aliphatic hydroxyl groups excluding tert-OH is 3. The van der Waals surface area contributed by atoms with Crippen molar-refractivity contribution in [2.24, 2.45) is 0 Å². The number of nitrogens with one attached hydrogen (secondary N) is 1. The molecule has 5 heteroatoms. The lowest BCUT2D eigenvalue weighted by molar-refractivity contribution is -0.125. The minimum atomic E-state index is -0.745. The van der Waals surface area contributed by atoms with Crippen molar-refractivity contribution in [2.75, 3.05) is 6.61 Å². The Morgan fingerprint density at radius 3 is 1.71 bits per heavy atom. The second kappa shape index (κ2) is 26.2. The molecule has 0 saturated heterocycles. The van der Waals surface area contributed by atoms with E-state index in [1.165, 1.54) is 77.0 Å². The van der Waals surface area contributed by atoms with Crippen LogP contribution in [0.25, 0.3) is 0 Å². The van der Waals surface area contributed by atoms with Gasteiger partial charge in [0.25, 0.3) is 0 Å². The molecule has 5 nitrogen and oxygen atoms in total. The van der Waals surface area contributed by atoms with Gasteiger partial charge in [-0.3, -0.25) is 4.79 Å². The highest BCUT2D eigenvalue weighted by atomic mass is 16.3. The highest BCUT2D eigenvalue weighted by Gasteiger charge is 2.21. The normalized spacial score (nSPS) is 14.3. The van der Waals surface area contributed by atoms with Crippen molar-refractivity contribution in [3.8, 4) is 0 Å². The molecule has 0 fully saturated rings. The number of hydrogen-bond donors (Lipinski definition) is 4. The molecule has 0 aliphatic carbocycles. The van der Waals surface area contributed by atoms with Crippen LogP contribution in [0.3, 0.4) is 0 Å². The maximum atomic E-state index is 12.2. The number of aliphatic hydroxyl groups is 3. The largest absolute Gasteiger partial charge is 0.394 e. The second-order valence-corrected chi connectivity index (χ2v) is 10.4. The molecule has 3 unspecified atom stereocenters. The van der Waals surface area contributed by atoms with Gasteiger partial charge in [-0.2, -0.15) is 0 Å². The van der Waals surface area contributed by atoms with Crippen LogP contribution >= 0.6 is 0 Å². The van der Waals surface area contributed by atoms with Gasteiger partial charge in [0.2, 0.25) is 5.91 Å². The molecule has 35 heavy (non-hydrogen) atoms. The lowest BCUT2D eigenvalue weighted by atomic mass is 10.0. The monoisotopic (exact) mass is 497 g/mol. The van der Waals surface area contributed by atoms with E-state index in [-0.39, 0.29) is 18.9 Å². The van der Waals surface area contributed by atoms with Crippen molar-refractivity contribution in [2.45, 2.75) is 167 Å². The third-order valence-corrected chi connectivity index (χ3v) is 6.83. The van der Waals surface area contributed by atoms with Crippen LogP contribution in [-0.2, 0) is 4.79 Å². The predicted molar refractivity (Wildman–Crippen MR) is 148 cm³/mol. The van der Waals surface area contributed by atoms with Gasteiger partial charge in [0.05, 0.1) is 31.3 Å². The van der Waals surface area contributed by atoms with Gasteiger partial charge in [0.1, 0.15) is 0 Å². The number of amides is 1. The molecule has 0 aromatic heterocycles. The van der Waals surface area contributed by atoms with E-state index in [0.717, 1.165) is 38.5 Å². The summed E-state index contributed by atoms with van der Waals surface area (Å²) >= 11 is 0. The molecule has 0 aliphatic heterocycles. The third-order valence-electron chi connectivity index (χ3n) is 6.83. The lowest BCUT2D eigenvalue weighted by Crippen LogP contribution is -2.46.